The van der Waals surface area contributed by atoms with Crippen LogP contribution in [0.4, 0.5) is 0 Å². The average molecular weight is 375 g/mol. The molecular weight excluding hydrogens is 344 g/mol. The first kappa shape index (κ1) is 19.0. The summed E-state index contributed by atoms with van der Waals surface area (Å²) in [6.07, 6.45) is 1.27. The van der Waals surface area contributed by atoms with Gasteiger partial charge in [-0.1, -0.05) is 0 Å². The Morgan fingerprint density at radius 2 is 1.52 bits per heavy atom. The lowest BCUT2D eigenvalue weighted by molar-refractivity contribution is -0.119. The number of β-amino-alcohol motifs (C(OH)–C–C–N with tert-alkyl or cyclic N) is 1. The highest BCUT2D eigenvalue weighted by atomic mass is 32.2. The number of sulfone groups is 1. The summed E-state index contributed by atoms with van der Waals surface area (Å²) >= 11 is 0. The predicted molar refractivity (Wildman–Crippen MR) is 95.2 cm³/mol. The van der Waals surface area contributed by atoms with Crippen LogP contribution in [0.3, 0.4) is 0 Å². The maximum Gasteiger partial charge on any atom is 0.209 e. The molecule has 0 aliphatic carbocycles. The molecule has 25 heavy (non-hydrogen) atoms. The van der Waals surface area contributed by atoms with Crippen LogP contribution < -0.4 is 0 Å². The van der Waals surface area contributed by atoms with Crippen molar-refractivity contribution in [3.63, 3.8) is 0 Å². The Labute approximate surface area is 150 Å². The minimum Gasteiger partial charge on any atom is -0.390 e. The number of aliphatic hydroxyl groups is 1. The topological polar surface area (TPSA) is 84.4 Å². The molecule has 0 spiro atoms. The van der Waals surface area contributed by atoms with E-state index < -0.39 is 9.84 Å². The van der Waals surface area contributed by atoms with Crippen molar-refractivity contribution in [1.82, 2.24) is 19.6 Å². The molecule has 0 radical (unpaired) electrons. The van der Waals surface area contributed by atoms with Crippen LogP contribution in [0, 0.1) is 0 Å². The van der Waals surface area contributed by atoms with E-state index in [2.05, 4.69) is 14.7 Å². The van der Waals surface area contributed by atoms with Crippen LogP contribution in [0.1, 0.15) is 6.42 Å². The molecule has 144 valence electrons. The van der Waals surface area contributed by atoms with Gasteiger partial charge in [0.15, 0.2) is 9.84 Å². The highest BCUT2D eigenvalue weighted by Crippen LogP contribution is 2.19. The lowest BCUT2D eigenvalue weighted by atomic mass is 10.2. The van der Waals surface area contributed by atoms with Crippen molar-refractivity contribution in [2.45, 2.75) is 18.6 Å². The smallest absolute Gasteiger partial charge is 0.209 e. The zero-order chi connectivity index (χ0) is 17.9. The van der Waals surface area contributed by atoms with Crippen LogP contribution in [0.15, 0.2) is 0 Å². The van der Waals surface area contributed by atoms with Gasteiger partial charge in [0.1, 0.15) is 0 Å². The van der Waals surface area contributed by atoms with Gasteiger partial charge in [-0.05, 0) is 6.42 Å². The predicted octanol–water partition coefficient (Wildman–Crippen LogP) is -2.07. The molecule has 3 heterocycles. The Balaban J connectivity index is 1.35. The molecule has 0 saturated carbocycles. The highest BCUT2D eigenvalue weighted by molar-refractivity contribution is 7.91. The number of amides is 1. The van der Waals surface area contributed by atoms with Gasteiger partial charge < -0.3 is 10.0 Å². The number of aliphatic hydroxyl groups excluding tert-OH is 1. The van der Waals surface area contributed by atoms with Crippen molar-refractivity contribution in [1.29, 1.82) is 0 Å². The fraction of sp³-hybridized carbons (Fsp3) is 0.938. The monoisotopic (exact) mass is 374 g/mol. The van der Waals surface area contributed by atoms with Crippen LogP contribution >= 0.6 is 0 Å². The fourth-order valence-corrected chi connectivity index (χ4v) is 5.84. The number of hydrogen-bond donors (Lipinski definition) is 1. The second kappa shape index (κ2) is 8.30. The number of carbonyl (C=O) groups excluding carboxylic acids is 1. The summed E-state index contributed by atoms with van der Waals surface area (Å²) in [7, 11) is -2.83. The molecule has 0 bridgehead atoms. The lowest BCUT2D eigenvalue weighted by Crippen LogP contribution is -2.54. The molecule has 1 amide bonds. The Hall–Kier alpha value is -0.740. The van der Waals surface area contributed by atoms with E-state index in [0.717, 1.165) is 65.2 Å². The SMILES string of the molecule is O=CN1CCN(C[C@@H](O)CN2CCN([C@@H]3CCS(=O)(=O)C3)CC2)CC1. The van der Waals surface area contributed by atoms with Crippen LogP contribution in [0.25, 0.3) is 0 Å². The standard InChI is InChI=1S/C16H30N4O4S/c21-14-19-4-2-17(3-5-19)11-16(22)12-18-6-8-20(9-7-18)15-1-10-25(23,24)13-15/h14-16,22H,1-13H2/t15-,16-/m1/s1. The summed E-state index contributed by atoms with van der Waals surface area (Å²) in [6, 6.07) is 0.186. The first-order valence-corrected chi connectivity index (χ1v) is 11.0. The van der Waals surface area contributed by atoms with Crippen molar-refractivity contribution in [2.24, 2.45) is 0 Å². The highest BCUT2D eigenvalue weighted by Gasteiger charge is 2.33. The molecule has 0 aromatic rings. The van der Waals surface area contributed by atoms with E-state index in [-0.39, 0.29) is 12.1 Å². The molecule has 3 fully saturated rings. The molecule has 3 saturated heterocycles. The number of piperazine rings is 2. The second-order valence-electron chi connectivity index (χ2n) is 7.49. The quantitative estimate of drug-likeness (QED) is 0.535. The van der Waals surface area contributed by atoms with Crippen LogP contribution in [0.2, 0.25) is 0 Å². The number of rotatable bonds is 6. The molecular formula is C16H30N4O4S. The molecule has 9 heteroatoms. The van der Waals surface area contributed by atoms with Gasteiger partial charge in [0.05, 0.1) is 17.6 Å². The average Bonchev–Trinajstić information content (AvgIpc) is 2.96. The Kier molecular flexibility index (Phi) is 6.32. The maximum absolute atomic E-state index is 11.6. The van der Waals surface area contributed by atoms with Crippen molar-refractivity contribution >= 4 is 16.2 Å². The van der Waals surface area contributed by atoms with Gasteiger partial charge >= 0.3 is 0 Å². The summed E-state index contributed by atoms with van der Waals surface area (Å²) in [5.41, 5.74) is 0. The third-order valence-electron chi connectivity index (χ3n) is 5.63. The molecule has 2 atom stereocenters. The number of hydrogen-bond acceptors (Lipinski definition) is 7. The van der Waals surface area contributed by atoms with E-state index in [1.54, 1.807) is 4.90 Å². The van der Waals surface area contributed by atoms with Gasteiger partial charge in [0, 0.05) is 71.5 Å². The Morgan fingerprint density at radius 3 is 2.00 bits per heavy atom. The molecule has 0 aromatic heterocycles. The van der Waals surface area contributed by atoms with Gasteiger partial charge in [-0.3, -0.25) is 19.5 Å². The van der Waals surface area contributed by atoms with Gasteiger partial charge in [-0.15, -0.1) is 0 Å². The van der Waals surface area contributed by atoms with Gasteiger partial charge in [-0.2, -0.15) is 0 Å². The van der Waals surface area contributed by atoms with E-state index in [0.29, 0.717) is 24.6 Å². The molecule has 3 aliphatic rings. The minimum atomic E-state index is -2.83. The maximum atomic E-state index is 11.6. The van der Waals surface area contributed by atoms with E-state index in [4.69, 9.17) is 0 Å². The lowest BCUT2D eigenvalue weighted by Gasteiger charge is -2.39. The van der Waals surface area contributed by atoms with E-state index in [1.165, 1.54) is 0 Å². The third-order valence-corrected chi connectivity index (χ3v) is 7.38. The van der Waals surface area contributed by atoms with Crippen LogP contribution in [-0.4, -0.2) is 129 Å². The largest absolute Gasteiger partial charge is 0.390 e. The molecule has 8 nitrogen and oxygen atoms in total. The van der Waals surface area contributed by atoms with E-state index >= 15 is 0 Å². The fourth-order valence-electron chi connectivity index (χ4n) is 4.08. The first-order valence-electron chi connectivity index (χ1n) is 9.22. The van der Waals surface area contributed by atoms with Gasteiger partial charge in [-0.25, -0.2) is 8.42 Å². The molecule has 0 aromatic carbocycles. The molecule has 3 aliphatic heterocycles. The van der Waals surface area contributed by atoms with Gasteiger partial charge in [0.25, 0.3) is 0 Å². The normalized spacial score (nSPS) is 30.4. The Morgan fingerprint density at radius 1 is 0.960 bits per heavy atom. The zero-order valence-corrected chi connectivity index (χ0v) is 15.6. The summed E-state index contributed by atoms with van der Waals surface area (Å²) in [5, 5.41) is 10.4. The zero-order valence-electron chi connectivity index (χ0n) is 14.8. The third kappa shape index (κ3) is 5.37. The van der Waals surface area contributed by atoms with E-state index in [1.807, 2.05) is 0 Å². The summed E-state index contributed by atoms with van der Waals surface area (Å²) in [6.45, 7) is 7.94. The summed E-state index contributed by atoms with van der Waals surface area (Å²) in [5.74, 6) is 0.635. The number of carbonyl (C=O) groups is 1. The van der Waals surface area contributed by atoms with Crippen molar-refractivity contribution in [2.75, 3.05) is 77.0 Å². The van der Waals surface area contributed by atoms with E-state index in [9.17, 15) is 18.3 Å². The molecule has 3 rings (SSSR count). The van der Waals surface area contributed by atoms with Gasteiger partial charge in [0.2, 0.25) is 6.41 Å². The minimum absolute atomic E-state index is 0.186. The van der Waals surface area contributed by atoms with Crippen LogP contribution in [-0.2, 0) is 14.6 Å². The number of nitrogens with zero attached hydrogens (tertiary/aromatic N) is 4. The van der Waals surface area contributed by atoms with Crippen molar-refractivity contribution in [3.05, 3.63) is 0 Å². The molecule has 1 N–H and O–H groups in total. The Bertz CT molecular complexity index is 542. The summed E-state index contributed by atoms with van der Waals surface area (Å²) < 4.78 is 23.3. The first-order chi connectivity index (χ1) is 11.9. The molecule has 0 unspecified atom stereocenters. The summed E-state index contributed by atoms with van der Waals surface area (Å²) in [4.78, 5) is 19.3. The van der Waals surface area contributed by atoms with Crippen molar-refractivity contribution in [3.8, 4) is 0 Å². The van der Waals surface area contributed by atoms with Crippen molar-refractivity contribution < 1.29 is 18.3 Å². The second-order valence-corrected chi connectivity index (χ2v) is 9.72. The van der Waals surface area contributed by atoms with Crippen LogP contribution in [0.5, 0.6) is 0 Å².